The number of ketones is 1. The summed E-state index contributed by atoms with van der Waals surface area (Å²) in [6.45, 7) is 3.54. The maximum absolute atomic E-state index is 11.8. The van der Waals surface area contributed by atoms with Crippen LogP contribution in [0.4, 0.5) is 5.82 Å². The highest BCUT2D eigenvalue weighted by Crippen LogP contribution is 2.30. The molecule has 2 aromatic rings. The summed E-state index contributed by atoms with van der Waals surface area (Å²) in [5.41, 5.74) is 1.52. The lowest BCUT2D eigenvalue weighted by Gasteiger charge is -2.22. The second kappa shape index (κ2) is 4.28. The molecule has 1 fully saturated rings. The van der Waals surface area contributed by atoms with Gasteiger partial charge in [-0.05, 0) is 25.8 Å². The maximum atomic E-state index is 11.8. The smallest absolute Gasteiger partial charge is 0.163 e. The minimum atomic E-state index is 0.0365. The van der Waals surface area contributed by atoms with E-state index in [2.05, 4.69) is 9.88 Å². The van der Waals surface area contributed by atoms with Crippen molar-refractivity contribution in [1.29, 1.82) is 0 Å². The predicted octanol–water partition coefficient (Wildman–Crippen LogP) is 2.79. The third-order valence-corrected chi connectivity index (χ3v) is 3.71. The Bertz CT molecular complexity index is 614. The number of pyridine rings is 1. The molecule has 0 amide bonds. The van der Waals surface area contributed by atoms with Gasteiger partial charge in [-0.25, -0.2) is 4.98 Å². The van der Waals surface area contributed by atoms with Gasteiger partial charge in [-0.3, -0.25) is 9.20 Å². The number of Topliss-reactive ketones (excluding diaryl/α,β-unsaturated/α-hetero) is 1. The Hall–Kier alpha value is -1.55. The van der Waals surface area contributed by atoms with Crippen LogP contribution in [0.5, 0.6) is 0 Å². The second-order valence-corrected chi connectivity index (χ2v) is 5.04. The summed E-state index contributed by atoms with van der Waals surface area (Å²) < 4.78 is 1.92. The Morgan fingerprint density at radius 2 is 2.11 bits per heavy atom. The molecule has 0 aliphatic carbocycles. The highest BCUT2D eigenvalue weighted by molar-refractivity contribution is 6.34. The first-order chi connectivity index (χ1) is 8.68. The van der Waals surface area contributed by atoms with E-state index < -0.39 is 0 Å². The number of anilines is 1. The summed E-state index contributed by atoms with van der Waals surface area (Å²) in [5.74, 6) is 0.964. The summed E-state index contributed by atoms with van der Waals surface area (Å²) in [4.78, 5) is 18.2. The van der Waals surface area contributed by atoms with Crippen molar-refractivity contribution >= 4 is 28.7 Å². The van der Waals surface area contributed by atoms with Crippen molar-refractivity contribution in [1.82, 2.24) is 9.38 Å². The van der Waals surface area contributed by atoms with Gasteiger partial charge in [0.1, 0.15) is 12.1 Å². The van der Waals surface area contributed by atoms with Gasteiger partial charge < -0.3 is 4.90 Å². The predicted molar refractivity (Wildman–Crippen MR) is 71.7 cm³/mol. The zero-order valence-corrected chi connectivity index (χ0v) is 10.9. The van der Waals surface area contributed by atoms with Crippen LogP contribution in [0.15, 0.2) is 18.6 Å². The first-order valence-corrected chi connectivity index (χ1v) is 6.46. The normalized spacial score (nSPS) is 15.6. The largest absolute Gasteiger partial charge is 0.357 e. The van der Waals surface area contributed by atoms with Crippen molar-refractivity contribution in [2.24, 2.45) is 0 Å². The molecule has 1 saturated heterocycles. The highest BCUT2D eigenvalue weighted by atomic mass is 35.5. The molecule has 3 heterocycles. The number of hydrogen-bond acceptors (Lipinski definition) is 3. The summed E-state index contributed by atoms with van der Waals surface area (Å²) in [6.07, 6.45) is 5.78. The molecule has 1 aliphatic heterocycles. The molecule has 5 heteroatoms. The molecule has 1 aliphatic rings. The molecule has 0 N–H and O–H groups in total. The molecule has 4 nitrogen and oxygen atoms in total. The number of rotatable bonds is 2. The van der Waals surface area contributed by atoms with Gasteiger partial charge in [-0.1, -0.05) is 11.6 Å². The van der Waals surface area contributed by atoms with E-state index in [9.17, 15) is 4.79 Å². The maximum Gasteiger partial charge on any atom is 0.163 e. The van der Waals surface area contributed by atoms with Gasteiger partial charge in [0.25, 0.3) is 0 Å². The number of fused-ring (bicyclic) bond motifs is 1. The molecule has 0 aromatic carbocycles. The third-order valence-electron chi connectivity index (χ3n) is 3.41. The third kappa shape index (κ3) is 1.68. The first-order valence-electron chi connectivity index (χ1n) is 6.09. The van der Waals surface area contributed by atoms with Gasteiger partial charge in [-0.15, -0.1) is 0 Å². The number of carbonyl (C=O) groups excluding carboxylic acids is 1. The number of imidazole rings is 1. The second-order valence-electron chi connectivity index (χ2n) is 4.63. The molecular formula is C13H14ClN3O. The van der Waals surface area contributed by atoms with Crippen LogP contribution in [0, 0.1) is 0 Å². The Labute approximate surface area is 110 Å². The van der Waals surface area contributed by atoms with Crippen LogP contribution in [0.2, 0.25) is 5.02 Å². The van der Waals surface area contributed by atoms with Crippen LogP contribution in [0.1, 0.15) is 30.1 Å². The number of nitrogens with zero attached hydrogens (tertiary/aromatic N) is 3. The van der Waals surface area contributed by atoms with Crippen LogP contribution in [0.25, 0.3) is 5.52 Å². The van der Waals surface area contributed by atoms with Crippen LogP contribution in [-0.4, -0.2) is 28.3 Å². The standard InChI is InChI=1S/C13H14ClN3O/c1-9(18)10-6-11(14)12-7-15-8-17(12)13(10)16-4-2-3-5-16/h6-8H,2-5H2,1H3. The fourth-order valence-electron chi connectivity index (χ4n) is 2.55. The lowest BCUT2D eigenvalue weighted by atomic mass is 10.1. The summed E-state index contributed by atoms with van der Waals surface area (Å²) in [5, 5.41) is 0.570. The van der Waals surface area contributed by atoms with E-state index in [0.717, 1.165) is 37.3 Å². The Morgan fingerprint density at radius 3 is 2.78 bits per heavy atom. The van der Waals surface area contributed by atoms with E-state index in [1.54, 1.807) is 25.5 Å². The molecule has 3 rings (SSSR count). The molecule has 0 atom stereocenters. The van der Waals surface area contributed by atoms with Gasteiger partial charge in [0.15, 0.2) is 5.78 Å². The van der Waals surface area contributed by atoms with Crippen LogP contribution < -0.4 is 4.90 Å². The highest BCUT2D eigenvalue weighted by Gasteiger charge is 2.22. The fraction of sp³-hybridized carbons (Fsp3) is 0.385. The van der Waals surface area contributed by atoms with Gasteiger partial charge in [0, 0.05) is 13.1 Å². The topological polar surface area (TPSA) is 37.6 Å². The summed E-state index contributed by atoms with van der Waals surface area (Å²) in [7, 11) is 0. The Kier molecular flexibility index (Phi) is 2.74. The fourth-order valence-corrected chi connectivity index (χ4v) is 2.80. The molecule has 0 spiro atoms. The van der Waals surface area contributed by atoms with Crippen LogP contribution in [0.3, 0.4) is 0 Å². The van der Waals surface area contributed by atoms with E-state index in [0.29, 0.717) is 10.6 Å². The lowest BCUT2D eigenvalue weighted by Crippen LogP contribution is -2.23. The monoisotopic (exact) mass is 263 g/mol. The molecule has 0 radical (unpaired) electrons. The summed E-state index contributed by atoms with van der Waals surface area (Å²) in [6, 6.07) is 1.76. The van der Waals surface area contributed by atoms with E-state index in [-0.39, 0.29) is 5.78 Å². The average molecular weight is 264 g/mol. The van der Waals surface area contributed by atoms with Crippen molar-refractivity contribution in [3.63, 3.8) is 0 Å². The number of aromatic nitrogens is 2. The van der Waals surface area contributed by atoms with Crippen LogP contribution in [-0.2, 0) is 0 Å². The van der Waals surface area contributed by atoms with Crippen molar-refractivity contribution in [2.45, 2.75) is 19.8 Å². The zero-order valence-electron chi connectivity index (χ0n) is 10.2. The molecule has 2 aromatic heterocycles. The van der Waals surface area contributed by atoms with Crippen molar-refractivity contribution in [3.8, 4) is 0 Å². The van der Waals surface area contributed by atoms with Gasteiger partial charge in [0.05, 0.1) is 22.3 Å². The zero-order chi connectivity index (χ0) is 12.7. The number of halogens is 1. The van der Waals surface area contributed by atoms with Gasteiger partial charge >= 0.3 is 0 Å². The Morgan fingerprint density at radius 1 is 1.39 bits per heavy atom. The van der Waals surface area contributed by atoms with E-state index in [4.69, 9.17) is 11.6 Å². The summed E-state index contributed by atoms with van der Waals surface area (Å²) >= 11 is 6.19. The molecule has 0 bridgehead atoms. The average Bonchev–Trinajstić information content (AvgIpc) is 2.99. The molecule has 0 unspecified atom stereocenters. The van der Waals surface area contributed by atoms with Crippen molar-refractivity contribution < 1.29 is 4.79 Å². The number of carbonyl (C=O) groups is 1. The lowest BCUT2D eigenvalue weighted by molar-refractivity contribution is 0.101. The van der Waals surface area contributed by atoms with Crippen LogP contribution >= 0.6 is 11.6 Å². The van der Waals surface area contributed by atoms with Crippen molar-refractivity contribution in [2.75, 3.05) is 18.0 Å². The quantitative estimate of drug-likeness (QED) is 0.782. The molecule has 18 heavy (non-hydrogen) atoms. The minimum absolute atomic E-state index is 0.0365. The Balaban J connectivity index is 2.30. The molecular weight excluding hydrogens is 250 g/mol. The van der Waals surface area contributed by atoms with E-state index in [1.807, 2.05) is 4.40 Å². The first kappa shape index (κ1) is 11.5. The van der Waals surface area contributed by atoms with Gasteiger partial charge in [0.2, 0.25) is 0 Å². The molecule has 0 saturated carbocycles. The van der Waals surface area contributed by atoms with E-state index in [1.165, 1.54) is 0 Å². The molecule has 94 valence electrons. The van der Waals surface area contributed by atoms with E-state index >= 15 is 0 Å². The SMILES string of the molecule is CC(=O)c1cc(Cl)c2cncn2c1N1CCCC1. The number of hydrogen-bond donors (Lipinski definition) is 0. The van der Waals surface area contributed by atoms with Crippen molar-refractivity contribution in [3.05, 3.63) is 29.2 Å². The minimum Gasteiger partial charge on any atom is -0.357 e. The van der Waals surface area contributed by atoms with Gasteiger partial charge in [-0.2, -0.15) is 0 Å².